The van der Waals surface area contributed by atoms with Crippen molar-refractivity contribution >= 4 is 40.5 Å². The summed E-state index contributed by atoms with van der Waals surface area (Å²) < 4.78 is 58.5. The molecule has 4 rings (SSSR count). The highest BCUT2D eigenvalue weighted by Gasteiger charge is 2.53. The number of carbonyl (C=O) groups excluding carboxylic acids is 2. The molecule has 1 aromatic heterocycles. The van der Waals surface area contributed by atoms with Gasteiger partial charge in [0.25, 0.3) is 0 Å². The summed E-state index contributed by atoms with van der Waals surface area (Å²) in [4.78, 5) is 26.1. The van der Waals surface area contributed by atoms with Crippen LogP contribution in [0.5, 0.6) is 0 Å². The van der Waals surface area contributed by atoms with Crippen molar-refractivity contribution in [2.45, 2.75) is 24.4 Å². The van der Waals surface area contributed by atoms with E-state index in [0.29, 0.717) is 16.0 Å². The maximum Gasteiger partial charge on any atom is 0.416 e. The topological polar surface area (TPSA) is 55.4 Å². The van der Waals surface area contributed by atoms with Gasteiger partial charge in [-0.3, -0.25) is 4.79 Å². The van der Waals surface area contributed by atoms with Crippen LogP contribution in [-0.4, -0.2) is 19.0 Å². The van der Waals surface area contributed by atoms with Crippen LogP contribution in [0.15, 0.2) is 48.5 Å². The molecular weight excluding hydrogens is 482 g/mol. The van der Waals surface area contributed by atoms with Crippen LogP contribution < -0.4 is 5.32 Å². The van der Waals surface area contributed by atoms with Crippen LogP contribution in [0.3, 0.4) is 0 Å². The zero-order valence-corrected chi connectivity index (χ0v) is 18.6. The number of ether oxygens (including phenoxy) is 1. The molecule has 0 bridgehead atoms. The number of hydrogen-bond acceptors (Lipinski definition) is 4. The Balaban J connectivity index is 1.63. The molecule has 2 aromatic carbocycles. The smallest absolute Gasteiger partial charge is 0.416 e. The Labute approximate surface area is 195 Å². The maximum atomic E-state index is 14.5. The summed E-state index contributed by atoms with van der Waals surface area (Å²) in [6, 6.07) is 10.3. The summed E-state index contributed by atoms with van der Waals surface area (Å²) in [5.74, 6) is -2.28. The Morgan fingerprint density at radius 2 is 1.82 bits per heavy atom. The molecule has 1 N–H and O–H groups in total. The van der Waals surface area contributed by atoms with E-state index in [0.717, 1.165) is 17.0 Å². The molecule has 1 aliphatic rings. The Morgan fingerprint density at radius 3 is 2.36 bits per heavy atom. The second-order valence-corrected chi connectivity index (χ2v) is 9.30. The molecule has 0 aliphatic heterocycles. The van der Waals surface area contributed by atoms with Crippen molar-refractivity contribution in [3.05, 3.63) is 75.4 Å². The zero-order chi connectivity index (χ0) is 24.0. The number of methoxy groups -OCH3 is 1. The number of rotatable bonds is 5. The minimum Gasteiger partial charge on any atom is -0.465 e. The van der Waals surface area contributed by atoms with Crippen LogP contribution in [0.1, 0.15) is 34.3 Å². The van der Waals surface area contributed by atoms with Crippen molar-refractivity contribution in [1.82, 2.24) is 0 Å². The van der Waals surface area contributed by atoms with Crippen LogP contribution in [0.2, 0.25) is 4.34 Å². The number of esters is 1. The summed E-state index contributed by atoms with van der Waals surface area (Å²) >= 11 is 7.26. The highest BCUT2D eigenvalue weighted by Crippen LogP contribution is 2.50. The fourth-order valence-corrected chi connectivity index (χ4v) is 4.73. The number of amides is 1. The molecule has 33 heavy (non-hydrogen) atoms. The summed E-state index contributed by atoms with van der Waals surface area (Å²) in [5.41, 5.74) is -1.45. The van der Waals surface area contributed by atoms with Gasteiger partial charge in [-0.2, -0.15) is 13.2 Å². The molecule has 1 aliphatic carbocycles. The monoisotopic (exact) mass is 497 g/mol. The highest BCUT2D eigenvalue weighted by atomic mass is 35.5. The predicted molar refractivity (Wildman–Crippen MR) is 117 cm³/mol. The summed E-state index contributed by atoms with van der Waals surface area (Å²) in [6.07, 6.45) is -4.11. The summed E-state index contributed by atoms with van der Waals surface area (Å²) in [6.45, 7) is 0. The van der Waals surface area contributed by atoms with Gasteiger partial charge in [-0.1, -0.05) is 23.7 Å². The number of carbonyl (C=O) groups is 2. The number of hydrogen-bond donors (Lipinski definition) is 1. The van der Waals surface area contributed by atoms with E-state index in [-0.39, 0.29) is 29.7 Å². The highest BCUT2D eigenvalue weighted by molar-refractivity contribution is 7.19. The molecule has 1 fully saturated rings. The average molecular weight is 498 g/mol. The number of benzene rings is 2. The zero-order valence-electron chi connectivity index (χ0n) is 17.1. The lowest BCUT2D eigenvalue weighted by atomic mass is 9.93. The van der Waals surface area contributed by atoms with E-state index in [1.54, 1.807) is 24.3 Å². The van der Waals surface area contributed by atoms with Crippen LogP contribution in [0, 0.1) is 5.82 Å². The third-order valence-electron chi connectivity index (χ3n) is 5.52. The first kappa shape index (κ1) is 23.3. The van der Waals surface area contributed by atoms with Gasteiger partial charge in [-0.05, 0) is 49.2 Å². The third-order valence-corrected chi connectivity index (χ3v) is 6.78. The molecule has 0 spiro atoms. The molecule has 10 heteroatoms. The lowest BCUT2D eigenvalue weighted by molar-refractivity contribution is -0.137. The second-order valence-electron chi connectivity index (χ2n) is 7.58. The molecule has 3 aromatic rings. The van der Waals surface area contributed by atoms with Crippen molar-refractivity contribution in [1.29, 1.82) is 0 Å². The van der Waals surface area contributed by atoms with E-state index in [9.17, 15) is 27.2 Å². The van der Waals surface area contributed by atoms with Crippen LogP contribution in [-0.2, 0) is 21.1 Å². The first-order chi connectivity index (χ1) is 15.5. The van der Waals surface area contributed by atoms with Crippen LogP contribution >= 0.6 is 22.9 Å². The molecule has 0 unspecified atom stereocenters. The normalized spacial score (nSPS) is 14.6. The fourth-order valence-electron chi connectivity index (χ4n) is 3.65. The van der Waals surface area contributed by atoms with Gasteiger partial charge >= 0.3 is 12.1 Å². The SMILES string of the molecule is COC(=O)c1cc(NC(=O)C2(c3ccc(C(F)(F)F)cc3F)CC2)ccc1-c1ccc(Cl)s1. The lowest BCUT2D eigenvalue weighted by Crippen LogP contribution is -2.29. The quantitative estimate of drug-likeness (QED) is 0.316. The van der Waals surface area contributed by atoms with Crippen molar-refractivity contribution in [3.8, 4) is 10.4 Å². The molecule has 0 radical (unpaired) electrons. The number of anilines is 1. The first-order valence-corrected chi connectivity index (χ1v) is 10.9. The standard InChI is InChI=1S/C23H16ClF4NO3S/c1-32-20(30)15-11-13(3-4-14(15)18-6-7-19(24)33-18)29-21(31)22(8-9-22)16-5-2-12(10-17(16)25)23(26,27)28/h2-7,10-11H,8-9H2,1H3,(H,29,31). The number of thiophene rings is 1. The molecule has 1 amide bonds. The van der Waals surface area contributed by atoms with Gasteiger partial charge in [0.05, 0.1) is 28.0 Å². The van der Waals surface area contributed by atoms with Gasteiger partial charge in [0.2, 0.25) is 5.91 Å². The molecule has 0 saturated heterocycles. The summed E-state index contributed by atoms with van der Waals surface area (Å²) in [7, 11) is 1.23. The largest absolute Gasteiger partial charge is 0.465 e. The molecule has 1 heterocycles. The molecule has 4 nitrogen and oxygen atoms in total. The van der Waals surface area contributed by atoms with E-state index < -0.39 is 34.8 Å². The van der Waals surface area contributed by atoms with Gasteiger partial charge in [0.1, 0.15) is 5.82 Å². The molecule has 172 valence electrons. The van der Waals surface area contributed by atoms with Crippen molar-refractivity contribution in [2.24, 2.45) is 0 Å². The van der Waals surface area contributed by atoms with E-state index in [1.165, 1.54) is 24.5 Å². The lowest BCUT2D eigenvalue weighted by Gasteiger charge is -2.18. The Hall–Kier alpha value is -2.91. The van der Waals surface area contributed by atoms with Gasteiger partial charge < -0.3 is 10.1 Å². The van der Waals surface area contributed by atoms with E-state index in [2.05, 4.69) is 5.32 Å². The fraction of sp³-hybridized carbons (Fsp3) is 0.217. The van der Waals surface area contributed by atoms with E-state index in [4.69, 9.17) is 16.3 Å². The van der Waals surface area contributed by atoms with E-state index in [1.807, 2.05) is 0 Å². The third kappa shape index (κ3) is 4.47. The number of nitrogens with one attached hydrogen (secondary N) is 1. The van der Waals surface area contributed by atoms with Gasteiger partial charge in [-0.25, -0.2) is 9.18 Å². The number of halogens is 5. The van der Waals surface area contributed by atoms with Gasteiger partial charge in [-0.15, -0.1) is 11.3 Å². The maximum absolute atomic E-state index is 14.5. The van der Waals surface area contributed by atoms with Crippen molar-refractivity contribution in [2.75, 3.05) is 12.4 Å². The van der Waals surface area contributed by atoms with Crippen LogP contribution in [0.25, 0.3) is 10.4 Å². The average Bonchev–Trinajstić information content (AvgIpc) is 3.46. The molecule has 1 saturated carbocycles. The first-order valence-electron chi connectivity index (χ1n) is 9.72. The minimum atomic E-state index is -4.68. The van der Waals surface area contributed by atoms with E-state index >= 15 is 0 Å². The van der Waals surface area contributed by atoms with Gasteiger partial charge in [0.15, 0.2) is 0 Å². The molecule has 0 atom stereocenters. The van der Waals surface area contributed by atoms with Crippen molar-refractivity contribution < 1.29 is 31.9 Å². The van der Waals surface area contributed by atoms with Crippen molar-refractivity contribution in [3.63, 3.8) is 0 Å². The summed E-state index contributed by atoms with van der Waals surface area (Å²) in [5, 5.41) is 2.66. The Bertz CT molecular complexity index is 1250. The predicted octanol–water partition coefficient (Wildman–Crippen LogP) is 6.68. The Kier molecular flexibility index (Phi) is 5.96. The van der Waals surface area contributed by atoms with Gasteiger partial charge in [0, 0.05) is 21.7 Å². The number of alkyl halides is 3. The minimum absolute atomic E-state index is 0.0916. The second kappa shape index (κ2) is 8.46. The van der Waals surface area contributed by atoms with Crippen LogP contribution in [0.4, 0.5) is 23.2 Å². The Morgan fingerprint density at radius 1 is 1.09 bits per heavy atom. The molecular formula is C23H16ClF4NO3S.